The van der Waals surface area contributed by atoms with Gasteiger partial charge in [-0.1, -0.05) is 54.6 Å². The van der Waals surface area contributed by atoms with Crippen LogP contribution in [0.1, 0.15) is 16.7 Å². The van der Waals surface area contributed by atoms with Crippen molar-refractivity contribution in [2.24, 2.45) is 0 Å². The van der Waals surface area contributed by atoms with E-state index in [0.717, 1.165) is 53.2 Å². The van der Waals surface area contributed by atoms with E-state index in [1.807, 2.05) is 6.07 Å². The van der Waals surface area contributed by atoms with Crippen molar-refractivity contribution in [1.82, 2.24) is 0 Å². The highest BCUT2D eigenvalue weighted by molar-refractivity contribution is 5.95. The van der Waals surface area contributed by atoms with Crippen LogP contribution in [0.5, 0.6) is 23.0 Å². The summed E-state index contributed by atoms with van der Waals surface area (Å²) in [7, 11) is 3.40. The monoisotopic (exact) mass is 502 g/mol. The van der Waals surface area contributed by atoms with Crippen LogP contribution < -0.4 is 23.5 Å². The molecule has 0 amide bonds. The molecule has 0 N–H and O–H groups in total. The van der Waals surface area contributed by atoms with Gasteiger partial charge in [0.2, 0.25) is 12.5 Å². The molecule has 0 fully saturated rings. The van der Waals surface area contributed by atoms with E-state index in [1.165, 1.54) is 39.1 Å². The largest absolute Gasteiger partial charge is 0.493 e. The third-order valence-electron chi connectivity index (χ3n) is 7.71. The Hall–Kier alpha value is -4.51. The number of aromatic nitrogens is 1. The molecule has 0 unspecified atom stereocenters. The first-order chi connectivity index (χ1) is 18.7. The van der Waals surface area contributed by atoms with Crippen molar-refractivity contribution < 1.29 is 23.5 Å². The number of benzene rings is 4. The van der Waals surface area contributed by atoms with Crippen LogP contribution in [-0.4, -0.2) is 21.0 Å². The number of ether oxygens (including phenoxy) is 4. The van der Waals surface area contributed by atoms with Gasteiger partial charge in [0, 0.05) is 23.8 Å². The zero-order valence-corrected chi connectivity index (χ0v) is 21.5. The molecule has 4 aromatic carbocycles. The molecule has 2 aliphatic rings. The number of hydrogen-bond acceptors (Lipinski definition) is 4. The lowest BCUT2D eigenvalue weighted by atomic mass is 9.87. The average molecular weight is 503 g/mol. The fourth-order valence-corrected chi connectivity index (χ4v) is 5.95. The van der Waals surface area contributed by atoms with Gasteiger partial charge in [-0.05, 0) is 46.5 Å². The Kier molecular flexibility index (Phi) is 5.43. The second-order valence-corrected chi connectivity index (χ2v) is 9.72. The van der Waals surface area contributed by atoms with E-state index in [0.29, 0.717) is 0 Å². The van der Waals surface area contributed by atoms with Gasteiger partial charge in [-0.3, -0.25) is 0 Å². The van der Waals surface area contributed by atoms with Gasteiger partial charge in [-0.2, -0.15) is 4.57 Å². The second-order valence-electron chi connectivity index (χ2n) is 9.72. The maximum Gasteiger partial charge on any atom is 0.231 e. The van der Waals surface area contributed by atoms with Crippen molar-refractivity contribution in [3.63, 3.8) is 0 Å². The Balaban J connectivity index is 1.51. The molecule has 3 heterocycles. The number of hydrogen-bond donors (Lipinski definition) is 0. The fraction of sp³-hybridized carbons (Fsp3) is 0.182. The van der Waals surface area contributed by atoms with Crippen LogP contribution >= 0.6 is 0 Å². The van der Waals surface area contributed by atoms with Gasteiger partial charge < -0.3 is 18.9 Å². The molecule has 188 valence electrons. The lowest BCUT2D eigenvalue weighted by Crippen LogP contribution is -2.41. The summed E-state index contributed by atoms with van der Waals surface area (Å²) in [4.78, 5) is 0. The van der Waals surface area contributed by atoms with E-state index in [2.05, 4.69) is 83.6 Å². The van der Waals surface area contributed by atoms with Crippen molar-refractivity contribution in [2.75, 3.05) is 21.0 Å². The van der Waals surface area contributed by atoms with E-state index < -0.39 is 0 Å². The molecule has 0 atom stereocenters. The molecule has 0 aliphatic carbocycles. The van der Waals surface area contributed by atoms with E-state index >= 15 is 0 Å². The summed E-state index contributed by atoms with van der Waals surface area (Å²) in [6.07, 6.45) is 3.90. The topological polar surface area (TPSA) is 40.8 Å². The zero-order chi connectivity index (χ0) is 25.6. The minimum absolute atomic E-state index is 0.268. The molecule has 5 heteroatoms. The van der Waals surface area contributed by atoms with E-state index in [1.54, 1.807) is 14.2 Å². The maximum absolute atomic E-state index is 5.89. The van der Waals surface area contributed by atoms with Gasteiger partial charge in [-0.15, -0.1) is 0 Å². The second kappa shape index (κ2) is 9.10. The highest BCUT2D eigenvalue weighted by atomic mass is 16.7. The van der Waals surface area contributed by atoms with E-state index in [9.17, 15) is 0 Å². The highest BCUT2D eigenvalue weighted by Crippen LogP contribution is 2.44. The first-order valence-electron chi connectivity index (χ1n) is 12.9. The van der Waals surface area contributed by atoms with Crippen LogP contribution in [0.4, 0.5) is 0 Å². The first kappa shape index (κ1) is 22.7. The average Bonchev–Trinajstić information content (AvgIpc) is 3.43. The fourth-order valence-electron chi connectivity index (χ4n) is 5.95. The normalized spacial score (nSPS) is 13.2. The van der Waals surface area contributed by atoms with Gasteiger partial charge >= 0.3 is 0 Å². The smallest absolute Gasteiger partial charge is 0.231 e. The number of nitrogens with zero attached hydrogens (tertiary/aromatic N) is 1. The van der Waals surface area contributed by atoms with Crippen molar-refractivity contribution in [2.45, 2.75) is 19.4 Å². The number of aryl methyl sites for hydroxylation is 2. The molecule has 0 saturated heterocycles. The van der Waals surface area contributed by atoms with Crippen LogP contribution in [0.25, 0.3) is 33.2 Å². The molecular weight excluding hydrogens is 474 g/mol. The Morgan fingerprint density at radius 2 is 1.58 bits per heavy atom. The summed E-state index contributed by atoms with van der Waals surface area (Å²) in [5, 5.41) is 2.20. The SMILES string of the molecule is COc1ccc2c(Cc3ccccc3-c3ccccc3)c3[n+](cc2c1OC)CCc1cc2c(cc1-3)OCO2. The summed E-state index contributed by atoms with van der Waals surface area (Å²) in [5.41, 5.74) is 8.69. The van der Waals surface area contributed by atoms with Crippen LogP contribution in [0, 0.1) is 0 Å². The molecule has 38 heavy (non-hydrogen) atoms. The van der Waals surface area contributed by atoms with E-state index in [-0.39, 0.29) is 6.79 Å². The van der Waals surface area contributed by atoms with Crippen LogP contribution in [0.2, 0.25) is 0 Å². The first-order valence-corrected chi connectivity index (χ1v) is 12.9. The molecule has 0 radical (unpaired) electrons. The molecule has 0 saturated carbocycles. The van der Waals surface area contributed by atoms with Gasteiger partial charge in [0.15, 0.2) is 35.7 Å². The third-order valence-corrected chi connectivity index (χ3v) is 7.71. The van der Waals surface area contributed by atoms with Crippen LogP contribution in [0.15, 0.2) is 85.1 Å². The predicted octanol–water partition coefficient (Wildman–Crippen LogP) is 6.35. The molecule has 1 aromatic heterocycles. The zero-order valence-electron chi connectivity index (χ0n) is 21.5. The number of fused-ring (bicyclic) bond motifs is 5. The Morgan fingerprint density at radius 1 is 0.789 bits per heavy atom. The van der Waals surface area contributed by atoms with Crippen molar-refractivity contribution in [3.8, 4) is 45.4 Å². The van der Waals surface area contributed by atoms with Crippen molar-refractivity contribution in [1.29, 1.82) is 0 Å². The molecule has 0 spiro atoms. The third kappa shape index (κ3) is 3.58. The van der Waals surface area contributed by atoms with Gasteiger partial charge in [-0.25, -0.2) is 0 Å². The lowest BCUT2D eigenvalue weighted by molar-refractivity contribution is -0.686. The number of methoxy groups -OCH3 is 2. The number of rotatable bonds is 5. The minimum Gasteiger partial charge on any atom is -0.493 e. The lowest BCUT2D eigenvalue weighted by Gasteiger charge is -2.21. The van der Waals surface area contributed by atoms with Crippen LogP contribution in [0.3, 0.4) is 0 Å². The molecule has 2 aliphatic heterocycles. The molecule has 7 rings (SSSR count). The maximum atomic E-state index is 5.89. The van der Waals surface area contributed by atoms with Crippen LogP contribution in [-0.2, 0) is 19.4 Å². The molecular formula is C33H28NO4+. The summed E-state index contributed by atoms with van der Waals surface area (Å²) in [6, 6.07) is 27.8. The highest BCUT2D eigenvalue weighted by Gasteiger charge is 2.32. The molecule has 0 bridgehead atoms. The van der Waals surface area contributed by atoms with Gasteiger partial charge in [0.25, 0.3) is 0 Å². The predicted molar refractivity (Wildman–Crippen MR) is 147 cm³/mol. The van der Waals surface area contributed by atoms with Crippen molar-refractivity contribution >= 4 is 10.8 Å². The Bertz CT molecular complexity index is 1690. The summed E-state index contributed by atoms with van der Waals surface area (Å²) < 4.78 is 25.4. The number of pyridine rings is 1. The minimum atomic E-state index is 0.268. The molecule has 5 nitrogen and oxygen atoms in total. The standard InChI is InChI=1S/C33H28NO4/c1-35-29-13-12-25-27(16-22-10-6-7-11-24(22)21-8-4-3-5-9-21)32-26-18-31-30(37-20-38-31)17-23(26)14-15-34(32)19-28(25)33(29)36-2/h3-13,17-19H,14-16,20H2,1-2H3/q+1. The van der Waals surface area contributed by atoms with Gasteiger partial charge in [0.1, 0.15) is 0 Å². The summed E-state index contributed by atoms with van der Waals surface area (Å²) in [5.74, 6) is 3.13. The molecule has 5 aromatic rings. The van der Waals surface area contributed by atoms with E-state index in [4.69, 9.17) is 18.9 Å². The Morgan fingerprint density at radius 3 is 2.39 bits per heavy atom. The Labute approximate surface area is 221 Å². The summed E-state index contributed by atoms with van der Waals surface area (Å²) >= 11 is 0. The van der Waals surface area contributed by atoms with Crippen molar-refractivity contribution in [3.05, 3.63) is 102 Å². The van der Waals surface area contributed by atoms with Gasteiger partial charge in [0.05, 0.1) is 25.2 Å². The summed E-state index contributed by atoms with van der Waals surface area (Å²) in [6.45, 7) is 1.13. The quantitative estimate of drug-likeness (QED) is 0.263.